The minimum Gasteiger partial charge on any atom is -0.368 e. The van der Waals surface area contributed by atoms with Crippen molar-refractivity contribution in [1.29, 1.82) is 0 Å². The fourth-order valence-electron chi connectivity index (χ4n) is 5.17. The predicted molar refractivity (Wildman–Crippen MR) is 128 cm³/mol. The molecule has 174 valence electrons. The number of carbonyl (C=O) groups is 1. The zero-order valence-corrected chi connectivity index (χ0v) is 19.3. The summed E-state index contributed by atoms with van der Waals surface area (Å²) in [6.45, 7) is 8.33. The van der Waals surface area contributed by atoms with Crippen LogP contribution in [0.3, 0.4) is 0 Å². The Hall–Kier alpha value is -3.20. The van der Waals surface area contributed by atoms with E-state index in [1.54, 1.807) is 27.9 Å². The number of piperazine rings is 1. The molecule has 0 aliphatic carbocycles. The molecule has 3 aromatic heterocycles. The van der Waals surface area contributed by atoms with E-state index in [4.69, 9.17) is 0 Å². The number of aromatic nitrogens is 3. The van der Waals surface area contributed by atoms with Crippen molar-refractivity contribution < 1.29 is 9.18 Å². The standard InChI is InChI=1S/C22H24FN7O.C2H6/c1-13-9-29-12-18(17(23)8-20(29)25-13)27-22(31)30-7-5-16-19(4-6-24-21(16)30)28-10-14-2-3-15(11-28)26-14;1-2/h4,6,8-9,12,14-15,26H,2-3,5,7,10-11H2,1H3,(H,27,31);1-2H3. The van der Waals surface area contributed by atoms with Crippen molar-refractivity contribution in [3.05, 3.63) is 47.8 Å². The number of anilines is 3. The van der Waals surface area contributed by atoms with Gasteiger partial charge in [0, 0.05) is 67.6 Å². The van der Waals surface area contributed by atoms with Gasteiger partial charge in [0.1, 0.15) is 11.5 Å². The molecule has 0 radical (unpaired) electrons. The lowest BCUT2D eigenvalue weighted by molar-refractivity contribution is 0.257. The number of hydrogen-bond donors (Lipinski definition) is 2. The van der Waals surface area contributed by atoms with Gasteiger partial charge in [-0.25, -0.2) is 19.2 Å². The molecule has 3 aliphatic rings. The quantitative estimate of drug-likeness (QED) is 0.621. The molecule has 8 nitrogen and oxygen atoms in total. The van der Waals surface area contributed by atoms with E-state index in [0.717, 1.165) is 30.8 Å². The average molecular weight is 452 g/mol. The van der Waals surface area contributed by atoms with Gasteiger partial charge in [0.05, 0.1) is 11.4 Å². The molecule has 0 saturated carbocycles. The number of aryl methyl sites for hydroxylation is 1. The first-order valence-electron chi connectivity index (χ1n) is 11.8. The summed E-state index contributed by atoms with van der Waals surface area (Å²) in [5.41, 5.74) is 3.68. The number of amides is 2. The molecule has 2 atom stereocenters. The molecule has 3 aliphatic heterocycles. The van der Waals surface area contributed by atoms with Crippen molar-refractivity contribution in [2.24, 2.45) is 0 Å². The minimum atomic E-state index is -0.510. The number of hydrogen-bond acceptors (Lipinski definition) is 5. The summed E-state index contributed by atoms with van der Waals surface area (Å²) in [5.74, 6) is 0.157. The average Bonchev–Trinajstić information content (AvgIpc) is 3.50. The summed E-state index contributed by atoms with van der Waals surface area (Å²) in [6.07, 6.45) is 8.30. The van der Waals surface area contributed by atoms with Crippen LogP contribution in [-0.2, 0) is 6.42 Å². The van der Waals surface area contributed by atoms with Crippen molar-refractivity contribution in [1.82, 2.24) is 19.7 Å². The van der Waals surface area contributed by atoms with E-state index in [-0.39, 0.29) is 11.7 Å². The molecule has 2 saturated heterocycles. The highest BCUT2D eigenvalue weighted by Gasteiger charge is 2.35. The number of halogens is 1. The van der Waals surface area contributed by atoms with Crippen LogP contribution in [0.4, 0.5) is 26.4 Å². The molecule has 3 aromatic rings. The molecule has 6 rings (SSSR count). The third-order valence-corrected chi connectivity index (χ3v) is 6.56. The molecule has 6 heterocycles. The number of nitrogens with zero attached hydrogens (tertiary/aromatic N) is 5. The molecule has 33 heavy (non-hydrogen) atoms. The van der Waals surface area contributed by atoms with Crippen LogP contribution in [0.25, 0.3) is 5.65 Å². The number of nitrogens with one attached hydrogen (secondary N) is 2. The second-order valence-corrected chi connectivity index (χ2v) is 8.69. The number of pyridine rings is 2. The lowest BCUT2D eigenvalue weighted by Gasteiger charge is -2.35. The maximum absolute atomic E-state index is 14.5. The molecule has 2 amide bonds. The van der Waals surface area contributed by atoms with E-state index >= 15 is 0 Å². The summed E-state index contributed by atoms with van der Waals surface area (Å²) in [6, 6.07) is 4.08. The van der Waals surface area contributed by atoms with Crippen LogP contribution in [0, 0.1) is 12.7 Å². The fraction of sp³-hybridized carbons (Fsp3) is 0.458. The molecule has 2 N–H and O–H groups in total. The second-order valence-electron chi connectivity index (χ2n) is 8.69. The maximum atomic E-state index is 14.5. The fourth-order valence-corrected chi connectivity index (χ4v) is 5.17. The summed E-state index contributed by atoms with van der Waals surface area (Å²) >= 11 is 0. The Morgan fingerprint density at radius 3 is 2.73 bits per heavy atom. The van der Waals surface area contributed by atoms with Gasteiger partial charge in [-0.05, 0) is 32.3 Å². The smallest absolute Gasteiger partial charge is 0.327 e. The Balaban J connectivity index is 0.00000111. The number of rotatable bonds is 2. The molecule has 2 fully saturated rings. The number of fused-ring (bicyclic) bond motifs is 4. The van der Waals surface area contributed by atoms with E-state index in [0.29, 0.717) is 30.1 Å². The lowest BCUT2D eigenvalue weighted by atomic mass is 10.1. The lowest BCUT2D eigenvalue weighted by Crippen LogP contribution is -2.51. The summed E-state index contributed by atoms with van der Waals surface area (Å²) in [7, 11) is 0. The second kappa shape index (κ2) is 8.62. The Morgan fingerprint density at radius 1 is 1.21 bits per heavy atom. The van der Waals surface area contributed by atoms with Crippen molar-refractivity contribution in [3.63, 3.8) is 0 Å². The highest BCUT2D eigenvalue weighted by Crippen LogP contribution is 2.36. The van der Waals surface area contributed by atoms with Gasteiger partial charge in [-0.2, -0.15) is 0 Å². The van der Waals surface area contributed by atoms with Crippen LogP contribution in [0.15, 0.2) is 30.7 Å². The monoisotopic (exact) mass is 451 g/mol. The highest BCUT2D eigenvalue weighted by molar-refractivity contribution is 6.03. The zero-order valence-electron chi connectivity index (χ0n) is 19.3. The Bertz CT molecular complexity index is 1180. The van der Waals surface area contributed by atoms with Crippen LogP contribution in [0.5, 0.6) is 0 Å². The van der Waals surface area contributed by atoms with Crippen molar-refractivity contribution in [3.8, 4) is 0 Å². The number of urea groups is 1. The summed E-state index contributed by atoms with van der Waals surface area (Å²) in [4.78, 5) is 25.8. The minimum absolute atomic E-state index is 0.123. The van der Waals surface area contributed by atoms with E-state index < -0.39 is 5.82 Å². The Labute approximate surface area is 192 Å². The van der Waals surface area contributed by atoms with Crippen molar-refractivity contribution in [2.45, 2.75) is 52.1 Å². The third kappa shape index (κ3) is 3.90. The van der Waals surface area contributed by atoms with Gasteiger partial charge in [0.2, 0.25) is 0 Å². The number of carbonyl (C=O) groups excluding carboxylic acids is 1. The zero-order chi connectivity index (χ0) is 23.1. The molecule has 2 unspecified atom stereocenters. The molecular formula is C24H30FN7O. The molecular weight excluding hydrogens is 421 g/mol. The van der Waals surface area contributed by atoms with E-state index in [1.165, 1.54) is 24.6 Å². The first kappa shape index (κ1) is 21.6. The van der Waals surface area contributed by atoms with Crippen LogP contribution in [0.2, 0.25) is 0 Å². The van der Waals surface area contributed by atoms with Crippen molar-refractivity contribution >= 4 is 28.9 Å². The van der Waals surface area contributed by atoms with Gasteiger partial charge in [-0.1, -0.05) is 13.8 Å². The molecule has 9 heteroatoms. The van der Waals surface area contributed by atoms with Crippen molar-refractivity contribution in [2.75, 3.05) is 34.8 Å². The normalized spacial score (nSPS) is 21.1. The van der Waals surface area contributed by atoms with Crippen LogP contribution >= 0.6 is 0 Å². The van der Waals surface area contributed by atoms with Gasteiger partial charge in [0.25, 0.3) is 0 Å². The summed E-state index contributed by atoms with van der Waals surface area (Å²) in [5, 5.41) is 6.38. The predicted octanol–water partition coefficient (Wildman–Crippen LogP) is 3.74. The highest BCUT2D eigenvalue weighted by atomic mass is 19.1. The number of imidazole rings is 1. The maximum Gasteiger partial charge on any atom is 0.327 e. The molecule has 0 aromatic carbocycles. The van der Waals surface area contributed by atoms with Gasteiger partial charge >= 0.3 is 6.03 Å². The van der Waals surface area contributed by atoms with E-state index in [1.807, 2.05) is 20.8 Å². The van der Waals surface area contributed by atoms with Crippen LogP contribution < -0.4 is 20.4 Å². The third-order valence-electron chi connectivity index (χ3n) is 6.56. The summed E-state index contributed by atoms with van der Waals surface area (Å²) < 4.78 is 16.3. The van der Waals surface area contributed by atoms with Gasteiger partial charge in [-0.15, -0.1) is 0 Å². The first-order chi connectivity index (χ1) is 16.0. The SMILES string of the molecule is CC.Cc1cn2cc(NC(=O)N3CCc4c(N5CC6CCC(C5)N6)ccnc43)c(F)cc2n1. The van der Waals surface area contributed by atoms with Crippen LogP contribution in [-0.4, -0.2) is 52.1 Å². The van der Waals surface area contributed by atoms with E-state index in [2.05, 4.69) is 31.6 Å². The Morgan fingerprint density at radius 2 is 1.97 bits per heavy atom. The first-order valence-corrected chi connectivity index (χ1v) is 11.8. The van der Waals surface area contributed by atoms with E-state index in [9.17, 15) is 9.18 Å². The molecule has 2 bridgehead atoms. The van der Waals surface area contributed by atoms with Gasteiger partial charge in [0.15, 0.2) is 5.82 Å². The largest absolute Gasteiger partial charge is 0.368 e. The van der Waals surface area contributed by atoms with Gasteiger partial charge < -0.3 is 19.9 Å². The van der Waals surface area contributed by atoms with Gasteiger partial charge in [-0.3, -0.25) is 4.90 Å². The Kier molecular flexibility index (Phi) is 5.65. The molecule has 0 spiro atoms. The topological polar surface area (TPSA) is 77.8 Å². The van der Waals surface area contributed by atoms with Crippen LogP contribution in [0.1, 0.15) is 37.9 Å².